The lowest BCUT2D eigenvalue weighted by molar-refractivity contribution is -0.173. The molecule has 0 aliphatic heterocycles. The number of anilines is 1. The first-order valence-electron chi connectivity index (χ1n) is 7.82. The molecule has 0 amide bonds. The summed E-state index contributed by atoms with van der Waals surface area (Å²) in [7, 11) is 3.16. The Morgan fingerprint density at radius 1 is 1.24 bits per heavy atom. The van der Waals surface area contributed by atoms with Crippen LogP contribution in [0.2, 0.25) is 0 Å². The number of halogens is 3. The van der Waals surface area contributed by atoms with Gasteiger partial charge in [0.1, 0.15) is 6.61 Å². The van der Waals surface area contributed by atoms with Crippen molar-refractivity contribution in [2.45, 2.75) is 19.5 Å². The molecule has 0 unspecified atom stereocenters. The fourth-order valence-corrected chi connectivity index (χ4v) is 1.91. The molecule has 0 radical (unpaired) electrons. The molecule has 9 heteroatoms. The normalized spacial score (nSPS) is 12.0. The molecule has 1 rings (SSSR count). The van der Waals surface area contributed by atoms with Crippen molar-refractivity contribution in [3.8, 4) is 11.5 Å². The Hall–Kier alpha value is -2.16. The predicted octanol–water partition coefficient (Wildman–Crippen LogP) is 3.05. The summed E-state index contributed by atoms with van der Waals surface area (Å²) in [6.07, 6.45) is -3.87. The van der Waals surface area contributed by atoms with Crippen molar-refractivity contribution in [1.29, 1.82) is 0 Å². The molecule has 0 saturated heterocycles. The van der Waals surface area contributed by atoms with E-state index in [0.29, 0.717) is 37.0 Å². The quantitative estimate of drug-likeness (QED) is 0.401. The molecule has 0 spiro atoms. The van der Waals surface area contributed by atoms with E-state index < -0.39 is 12.8 Å². The Labute approximate surface area is 145 Å². The van der Waals surface area contributed by atoms with Gasteiger partial charge in [-0.15, -0.1) is 0 Å². The van der Waals surface area contributed by atoms with Crippen molar-refractivity contribution in [3.05, 3.63) is 18.2 Å². The highest BCUT2D eigenvalue weighted by molar-refractivity contribution is 5.93. The third-order valence-corrected chi connectivity index (χ3v) is 2.97. The molecular formula is C16H24F3N3O3. The van der Waals surface area contributed by atoms with Gasteiger partial charge in [0.05, 0.1) is 13.7 Å². The highest BCUT2D eigenvalue weighted by atomic mass is 19.4. The van der Waals surface area contributed by atoms with E-state index >= 15 is 0 Å². The second-order valence-corrected chi connectivity index (χ2v) is 4.94. The van der Waals surface area contributed by atoms with Crippen LogP contribution in [0.15, 0.2) is 23.2 Å². The molecule has 0 aliphatic carbocycles. The maximum Gasteiger partial charge on any atom is 0.411 e. The number of rotatable bonds is 9. The van der Waals surface area contributed by atoms with Gasteiger partial charge in [-0.2, -0.15) is 13.2 Å². The van der Waals surface area contributed by atoms with Gasteiger partial charge in [-0.25, -0.2) is 0 Å². The van der Waals surface area contributed by atoms with Crippen molar-refractivity contribution in [2.24, 2.45) is 4.99 Å². The number of hydrogen-bond acceptors (Lipinski definition) is 4. The minimum atomic E-state index is -4.29. The van der Waals surface area contributed by atoms with E-state index in [4.69, 9.17) is 9.47 Å². The number of benzene rings is 1. The zero-order chi connectivity index (χ0) is 18.7. The van der Waals surface area contributed by atoms with Gasteiger partial charge >= 0.3 is 6.18 Å². The number of methoxy groups -OCH3 is 1. The number of hydrogen-bond donors (Lipinski definition) is 2. The first kappa shape index (κ1) is 20.9. The Morgan fingerprint density at radius 3 is 2.60 bits per heavy atom. The third kappa shape index (κ3) is 8.48. The second kappa shape index (κ2) is 10.7. The molecule has 0 aromatic heterocycles. The fourth-order valence-electron chi connectivity index (χ4n) is 1.91. The van der Waals surface area contributed by atoms with Gasteiger partial charge in [-0.05, 0) is 25.5 Å². The number of nitrogens with one attached hydrogen (secondary N) is 2. The van der Waals surface area contributed by atoms with Gasteiger partial charge < -0.3 is 24.8 Å². The predicted molar refractivity (Wildman–Crippen MR) is 90.6 cm³/mol. The van der Waals surface area contributed by atoms with Crippen LogP contribution in [0.4, 0.5) is 18.9 Å². The summed E-state index contributed by atoms with van der Waals surface area (Å²) in [6.45, 7) is 1.59. The van der Waals surface area contributed by atoms with E-state index in [-0.39, 0.29) is 6.61 Å². The van der Waals surface area contributed by atoms with Crippen LogP contribution in [-0.2, 0) is 4.74 Å². The lowest BCUT2D eigenvalue weighted by Crippen LogP contribution is -2.32. The standard InChI is InChI=1S/C16H24F3N3O3/c1-4-25-14-10-12(6-7-13(14)23-3)22-15(20-2)21-8-5-9-24-11-16(17,18)19/h6-7,10H,4-5,8-9,11H2,1-3H3,(H2,20,21,22). The monoisotopic (exact) mass is 363 g/mol. The maximum atomic E-state index is 11.9. The van der Waals surface area contributed by atoms with Crippen LogP contribution in [0.5, 0.6) is 11.5 Å². The van der Waals surface area contributed by atoms with Crippen LogP contribution in [0.1, 0.15) is 13.3 Å². The van der Waals surface area contributed by atoms with E-state index in [0.717, 1.165) is 5.69 Å². The van der Waals surface area contributed by atoms with Crippen LogP contribution < -0.4 is 20.1 Å². The summed E-state index contributed by atoms with van der Waals surface area (Å²) >= 11 is 0. The lowest BCUT2D eigenvalue weighted by atomic mass is 10.2. The maximum absolute atomic E-state index is 11.9. The lowest BCUT2D eigenvalue weighted by Gasteiger charge is -2.15. The van der Waals surface area contributed by atoms with Crippen LogP contribution >= 0.6 is 0 Å². The van der Waals surface area contributed by atoms with Gasteiger partial charge in [-0.1, -0.05) is 0 Å². The Morgan fingerprint density at radius 2 is 2.00 bits per heavy atom. The van der Waals surface area contributed by atoms with Crippen LogP contribution in [-0.4, -0.2) is 52.7 Å². The van der Waals surface area contributed by atoms with E-state index in [1.165, 1.54) is 0 Å². The van der Waals surface area contributed by atoms with Gasteiger partial charge in [0, 0.05) is 32.0 Å². The molecule has 0 bridgehead atoms. The van der Waals surface area contributed by atoms with E-state index in [9.17, 15) is 13.2 Å². The molecule has 0 aliphatic rings. The zero-order valence-electron chi connectivity index (χ0n) is 14.6. The van der Waals surface area contributed by atoms with Crippen LogP contribution in [0.25, 0.3) is 0 Å². The Kier molecular flexibility index (Phi) is 8.90. The van der Waals surface area contributed by atoms with E-state index in [1.807, 2.05) is 6.92 Å². The first-order chi connectivity index (χ1) is 11.9. The van der Waals surface area contributed by atoms with Crippen molar-refractivity contribution >= 4 is 11.6 Å². The number of nitrogens with zero attached hydrogens (tertiary/aromatic N) is 1. The molecule has 0 fully saturated rings. The molecule has 2 N–H and O–H groups in total. The number of ether oxygens (including phenoxy) is 3. The first-order valence-corrected chi connectivity index (χ1v) is 7.82. The highest BCUT2D eigenvalue weighted by Crippen LogP contribution is 2.30. The van der Waals surface area contributed by atoms with E-state index in [2.05, 4.69) is 20.4 Å². The number of aliphatic imine (C=N–C) groups is 1. The average Bonchev–Trinajstić information content (AvgIpc) is 2.56. The molecule has 0 heterocycles. The van der Waals surface area contributed by atoms with Crippen LogP contribution in [0.3, 0.4) is 0 Å². The summed E-state index contributed by atoms with van der Waals surface area (Å²) in [5.74, 6) is 1.71. The van der Waals surface area contributed by atoms with Gasteiger partial charge in [0.2, 0.25) is 0 Å². The summed E-state index contributed by atoms with van der Waals surface area (Å²) in [5, 5.41) is 6.08. The minimum Gasteiger partial charge on any atom is -0.493 e. The zero-order valence-corrected chi connectivity index (χ0v) is 14.6. The number of alkyl halides is 3. The average molecular weight is 363 g/mol. The molecule has 1 aromatic rings. The third-order valence-electron chi connectivity index (χ3n) is 2.97. The van der Waals surface area contributed by atoms with Gasteiger partial charge in [0.15, 0.2) is 17.5 Å². The topological polar surface area (TPSA) is 64.1 Å². The summed E-state index contributed by atoms with van der Waals surface area (Å²) in [4.78, 5) is 4.06. The van der Waals surface area contributed by atoms with Crippen molar-refractivity contribution in [2.75, 3.05) is 45.8 Å². The summed E-state index contributed by atoms with van der Waals surface area (Å²) in [6, 6.07) is 5.36. The molecule has 0 atom stereocenters. The van der Waals surface area contributed by atoms with Crippen molar-refractivity contribution in [3.63, 3.8) is 0 Å². The minimum absolute atomic E-state index is 0.0144. The van der Waals surface area contributed by atoms with Crippen molar-refractivity contribution in [1.82, 2.24) is 5.32 Å². The molecule has 0 saturated carbocycles. The van der Waals surface area contributed by atoms with Crippen LogP contribution in [0, 0.1) is 0 Å². The number of guanidine groups is 1. The molecular weight excluding hydrogens is 339 g/mol. The Balaban J connectivity index is 2.44. The SMILES string of the molecule is CCOc1cc(NC(=NC)NCCCOCC(F)(F)F)ccc1OC. The molecule has 25 heavy (non-hydrogen) atoms. The largest absolute Gasteiger partial charge is 0.493 e. The fraction of sp³-hybridized carbons (Fsp3) is 0.562. The second-order valence-electron chi connectivity index (χ2n) is 4.94. The summed E-state index contributed by atoms with van der Waals surface area (Å²) in [5.41, 5.74) is 0.741. The summed E-state index contributed by atoms with van der Waals surface area (Å²) < 4.78 is 51.1. The van der Waals surface area contributed by atoms with Gasteiger partial charge in [-0.3, -0.25) is 4.99 Å². The Bertz CT molecular complexity index is 551. The molecule has 6 nitrogen and oxygen atoms in total. The van der Waals surface area contributed by atoms with Gasteiger partial charge in [0.25, 0.3) is 0 Å². The van der Waals surface area contributed by atoms with Crippen molar-refractivity contribution < 1.29 is 27.4 Å². The van der Waals surface area contributed by atoms with E-state index in [1.54, 1.807) is 32.4 Å². The highest BCUT2D eigenvalue weighted by Gasteiger charge is 2.27. The molecule has 1 aromatic carbocycles. The smallest absolute Gasteiger partial charge is 0.411 e. The molecule has 142 valence electrons.